The van der Waals surface area contributed by atoms with Crippen LogP contribution in [0.5, 0.6) is 0 Å². The second-order valence-corrected chi connectivity index (χ2v) is 10.5. The van der Waals surface area contributed by atoms with Gasteiger partial charge in [0, 0.05) is 19.2 Å². The summed E-state index contributed by atoms with van der Waals surface area (Å²) >= 11 is 0. The Balaban J connectivity index is 1.81. The van der Waals surface area contributed by atoms with Crippen molar-refractivity contribution in [3.8, 4) is 0 Å². The number of hydrogen-bond acceptors (Lipinski definition) is 6. The highest BCUT2D eigenvalue weighted by Gasteiger charge is 2.45. The highest BCUT2D eigenvalue weighted by Crippen LogP contribution is 2.37. The van der Waals surface area contributed by atoms with Gasteiger partial charge in [0.2, 0.25) is 0 Å². The Hall–Kier alpha value is -2.91. The third-order valence-electron chi connectivity index (χ3n) is 5.18. The Bertz CT molecular complexity index is 1230. The first-order valence-electron chi connectivity index (χ1n) is 9.99. The number of nitrogens with zero attached hydrogens (tertiary/aromatic N) is 3. The van der Waals surface area contributed by atoms with Gasteiger partial charge in [-0.2, -0.15) is 0 Å². The summed E-state index contributed by atoms with van der Waals surface area (Å²) in [4.78, 5) is 18.3. The fraction of sp³-hybridized carbons (Fsp3) is 0.364. The summed E-state index contributed by atoms with van der Waals surface area (Å²) in [5, 5.41) is 11.5. The van der Waals surface area contributed by atoms with E-state index in [0.29, 0.717) is 11.0 Å². The molecule has 1 N–H and O–H groups in total. The smallest absolute Gasteiger partial charge is 0.410 e. The number of hydrogen-bond donors (Lipinski definition) is 1. The number of ether oxygens (including phenoxy) is 1. The molecule has 3 heterocycles. The SMILES string of the molecule is CC(C)(C)OC(=O)N1CCC(O)(c2cc3ncccc3n2S(=O)(=O)c2ccccc2)C1. The lowest BCUT2D eigenvalue weighted by Crippen LogP contribution is -2.39. The molecule has 1 aromatic carbocycles. The van der Waals surface area contributed by atoms with E-state index in [-0.39, 0.29) is 30.1 Å². The second-order valence-electron chi connectivity index (χ2n) is 8.70. The van der Waals surface area contributed by atoms with Crippen LogP contribution in [0.15, 0.2) is 59.6 Å². The van der Waals surface area contributed by atoms with E-state index in [1.807, 2.05) is 0 Å². The van der Waals surface area contributed by atoms with Crippen molar-refractivity contribution in [1.82, 2.24) is 13.9 Å². The minimum Gasteiger partial charge on any atom is -0.444 e. The van der Waals surface area contributed by atoms with Gasteiger partial charge in [-0.25, -0.2) is 17.2 Å². The summed E-state index contributed by atoms with van der Waals surface area (Å²) in [6, 6.07) is 12.9. The van der Waals surface area contributed by atoms with Gasteiger partial charge in [-0.1, -0.05) is 18.2 Å². The molecule has 31 heavy (non-hydrogen) atoms. The number of carbonyl (C=O) groups excluding carboxylic acids is 1. The van der Waals surface area contributed by atoms with Crippen LogP contribution in [0.3, 0.4) is 0 Å². The summed E-state index contributed by atoms with van der Waals surface area (Å²) in [5.41, 5.74) is -1.25. The molecule has 0 bridgehead atoms. The number of rotatable bonds is 3. The van der Waals surface area contributed by atoms with Gasteiger partial charge in [-0.15, -0.1) is 0 Å². The summed E-state index contributed by atoms with van der Waals surface area (Å²) in [6.07, 6.45) is 1.19. The first-order chi connectivity index (χ1) is 14.5. The van der Waals surface area contributed by atoms with Crippen LogP contribution in [-0.2, 0) is 20.4 Å². The molecule has 1 aliphatic rings. The van der Waals surface area contributed by atoms with Crippen molar-refractivity contribution in [2.24, 2.45) is 0 Å². The van der Waals surface area contributed by atoms with Gasteiger partial charge in [-0.05, 0) is 51.1 Å². The largest absolute Gasteiger partial charge is 0.444 e. The summed E-state index contributed by atoms with van der Waals surface area (Å²) < 4.78 is 33.7. The molecular formula is C22H25N3O5S. The molecule has 1 aliphatic heterocycles. The Kier molecular flexibility index (Phi) is 5.06. The lowest BCUT2D eigenvalue weighted by atomic mass is 9.99. The first kappa shape index (κ1) is 21.3. The van der Waals surface area contributed by atoms with Crippen molar-refractivity contribution in [1.29, 1.82) is 0 Å². The molecule has 1 atom stereocenters. The number of pyridine rings is 1. The van der Waals surface area contributed by atoms with Crippen LogP contribution in [0.4, 0.5) is 4.79 Å². The maximum atomic E-state index is 13.6. The average molecular weight is 444 g/mol. The monoisotopic (exact) mass is 443 g/mol. The highest BCUT2D eigenvalue weighted by molar-refractivity contribution is 7.90. The molecule has 1 unspecified atom stereocenters. The Morgan fingerprint density at radius 1 is 1.16 bits per heavy atom. The molecule has 164 valence electrons. The molecule has 1 amide bonds. The van der Waals surface area contributed by atoms with E-state index < -0.39 is 27.3 Å². The maximum Gasteiger partial charge on any atom is 0.410 e. The molecule has 9 heteroatoms. The van der Waals surface area contributed by atoms with Gasteiger partial charge in [0.15, 0.2) is 0 Å². The number of likely N-dealkylation sites (tertiary alicyclic amines) is 1. The quantitative estimate of drug-likeness (QED) is 0.667. The molecule has 0 aliphatic carbocycles. The van der Waals surface area contributed by atoms with Crippen LogP contribution >= 0.6 is 0 Å². The molecule has 4 rings (SSSR count). The minimum atomic E-state index is -4.01. The fourth-order valence-electron chi connectivity index (χ4n) is 3.78. The predicted molar refractivity (Wildman–Crippen MR) is 115 cm³/mol. The van der Waals surface area contributed by atoms with Crippen LogP contribution in [0.25, 0.3) is 11.0 Å². The second kappa shape index (κ2) is 7.35. The Morgan fingerprint density at radius 3 is 2.55 bits per heavy atom. The normalized spacial score (nSPS) is 19.7. The van der Waals surface area contributed by atoms with Gasteiger partial charge < -0.3 is 14.7 Å². The molecule has 0 saturated carbocycles. The van der Waals surface area contributed by atoms with Crippen molar-refractivity contribution >= 4 is 27.1 Å². The van der Waals surface area contributed by atoms with E-state index in [0.717, 1.165) is 3.97 Å². The molecular weight excluding hydrogens is 418 g/mol. The zero-order valence-corrected chi connectivity index (χ0v) is 18.5. The van der Waals surface area contributed by atoms with Crippen molar-refractivity contribution in [3.63, 3.8) is 0 Å². The lowest BCUT2D eigenvalue weighted by molar-refractivity contribution is 0.0125. The van der Waals surface area contributed by atoms with Gasteiger partial charge in [0.25, 0.3) is 10.0 Å². The van der Waals surface area contributed by atoms with Gasteiger partial charge in [0.1, 0.15) is 11.2 Å². The van der Waals surface area contributed by atoms with Crippen LogP contribution in [0, 0.1) is 0 Å². The number of benzene rings is 1. The van der Waals surface area contributed by atoms with Crippen molar-refractivity contribution < 1.29 is 23.1 Å². The van der Waals surface area contributed by atoms with E-state index in [1.165, 1.54) is 17.0 Å². The zero-order chi connectivity index (χ0) is 22.4. The highest BCUT2D eigenvalue weighted by atomic mass is 32.2. The number of aromatic nitrogens is 2. The van der Waals surface area contributed by atoms with Gasteiger partial charge in [0.05, 0.1) is 28.2 Å². The Labute approximate surface area is 181 Å². The topological polar surface area (TPSA) is 102 Å². The number of carbonyl (C=O) groups is 1. The third-order valence-corrected chi connectivity index (χ3v) is 6.93. The van der Waals surface area contributed by atoms with E-state index >= 15 is 0 Å². The van der Waals surface area contributed by atoms with E-state index in [4.69, 9.17) is 4.74 Å². The minimum absolute atomic E-state index is 0.0808. The molecule has 1 saturated heterocycles. The van der Waals surface area contributed by atoms with Crippen LogP contribution in [0.1, 0.15) is 32.9 Å². The average Bonchev–Trinajstić information content (AvgIpc) is 3.30. The summed E-state index contributed by atoms with van der Waals surface area (Å²) in [7, 11) is -4.01. The van der Waals surface area contributed by atoms with E-state index in [1.54, 1.807) is 63.4 Å². The van der Waals surface area contributed by atoms with Crippen molar-refractivity contribution in [2.45, 2.75) is 43.3 Å². The summed E-state index contributed by atoms with van der Waals surface area (Å²) in [6.45, 7) is 5.46. The van der Waals surface area contributed by atoms with Gasteiger partial charge in [-0.3, -0.25) is 4.98 Å². The number of fused-ring (bicyclic) bond motifs is 1. The molecule has 2 aromatic heterocycles. The van der Waals surface area contributed by atoms with Crippen molar-refractivity contribution in [3.05, 3.63) is 60.4 Å². The van der Waals surface area contributed by atoms with E-state index in [9.17, 15) is 18.3 Å². The molecule has 8 nitrogen and oxygen atoms in total. The molecule has 1 fully saturated rings. The number of amides is 1. The summed E-state index contributed by atoms with van der Waals surface area (Å²) in [5.74, 6) is 0. The number of β-amino-alcohol motifs (C(OH)–C–C–N with tert-alkyl or cyclic N) is 1. The van der Waals surface area contributed by atoms with Crippen LogP contribution in [0.2, 0.25) is 0 Å². The van der Waals surface area contributed by atoms with Gasteiger partial charge >= 0.3 is 6.09 Å². The van der Waals surface area contributed by atoms with Crippen LogP contribution < -0.4 is 0 Å². The fourth-order valence-corrected chi connectivity index (χ4v) is 5.38. The van der Waals surface area contributed by atoms with Crippen LogP contribution in [-0.4, -0.2) is 52.2 Å². The van der Waals surface area contributed by atoms with E-state index in [2.05, 4.69) is 4.98 Å². The Morgan fingerprint density at radius 2 is 1.87 bits per heavy atom. The number of aliphatic hydroxyl groups is 1. The molecule has 0 radical (unpaired) electrons. The molecule has 3 aromatic rings. The van der Waals surface area contributed by atoms with Crippen molar-refractivity contribution in [2.75, 3.05) is 13.1 Å². The third kappa shape index (κ3) is 3.90. The lowest BCUT2D eigenvalue weighted by Gasteiger charge is -2.27. The maximum absolute atomic E-state index is 13.6. The zero-order valence-electron chi connectivity index (χ0n) is 17.6. The standard InChI is InChI=1S/C22H25N3O5S/c1-21(2,3)30-20(26)24-13-11-22(27,15-24)19-14-17-18(10-7-12-23-17)25(19)31(28,29)16-8-5-4-6-9-16/h4-10,12,14,27H,11,13,15H2,1-3H3. The predicted octanol–water partition coefficient (Wildman–Crippen LogP) is 3.10. The first-order valence-corrected chi connectivity index (χ1v) is 11.4. The molecule has 0 spiro atoms.